The Morgan fingerprint density at radius 1 is 1.19 bits per heavy atom. The highest BCUT2D eigenvalue weighted by Gasteiger charge is 2.36. The second-order valence-corrected chi connectivity index (χ2v) is 7.89. The van der Waals surface area contributed by atoms with Gasteiger partial charge in [-0.25, -0.2) is 0 Å². The number of piperidine rings is 1. The van der Waals surface area contributed by atoms with Crippen LogP contribution in [0.1, 0.15) is 42.4 Å². The Labute approximate surface area is 161 Å². The standard InChI is InChI=1S/C20H32N4O3/c1-3-16-5-6-17(21-16)20(27)24-9-8-18(15(14-24)4-7-19(25)26)23-12-10-22(2)11-13-23/h5-6,15,18,21H,3-4,7-14H2,1-2H3,(H,25,26)/t15-,18+/m1/s1. The number of piperazine rings is 1. The monoisotopic (exact) mass is 376 g/mol. The number of aliphatic carboxylic acids is 1. The van der Waals surface area contributed by atoms with E-state index < -0.39 is 5.97 Å². The van der Waals surface area contributed by atoms with Crippen molar-refractivity contribution in [2.24, 2.45) is 5.92 Å². The Morgan fingerprint density at radius 3 is 2.56 bits per heavy atom. The van der Waals surface area contributed by atoms with Gasteiger partial charge < -0.3 is 19.9 Å². The Balaban J connectivity index is 1.68. The molecule has 2 N–H and O–H groups in total. The van der Waals surface area contributed by atoms with Crippen molar-refractivity contribution in [3.05, 3.63) is 23.5 Å². The number of carbonyl (C=O) groups excluding carboxylic acids is 1. The lowest BCUT2D eigenvalue weighted by atomic mass is 9.86. The normalized spacial score (nSPS) is 24.9. The van der Waals surface area contributed by atoms with E-state index in [0.29, 0.717) is 24.7 Å². The highest BCUT2D eigenvalue weighted by molar-refractivity contribution is 5.92. The van der Waals surface area contributed by atoms with Crippen LogP contribution in [0, 0.1) is 5.92 Å². The van der Waals surface area contributed by atoms with Crippen LogP contribution in [0.3, 0.4) is 0 Å². The minimum Gasteiger partial charge on any atom is -0.481 e. The molecule has 3 rings (SSSR count). The fraction of sp³-hybridized carbons (Fsp3) is 0.700. The summed E-state index contributed by atoms with van der Waals surface area (Å²) in [7, 11) is 2.14. The Kier molecular flexibility index (Phi) is 6.55. The first-order valence-electron chi connectivity index (χ1n) is 10.1. The second-order valence-electron chi connectivity index (χ2n) is 7.89. The maximum absolute atomic E-state index is 12.9. The summed E-state index contributed by atoms with van der Waals surface area (Å²) >= 11 is 0. The highest BCUT2D eigenvalue weighted by Crippen LogP contribution is 2.28. The van der Waals surface area contributed by atoms with Crippen LogP contribution in [0.4, 0.5) is 0 Å². The van der Waals surface area contributed by atoms with Crippen LogP contribution < -0.4 is 0 Å². The molecule has 0 saturated carbocycles. The molecule has 0 spiro atoms. The number of rotatable bonds is 6. The van der Waals surface area contributed by atoms with E-state index in [-0.39, 0.29) is 18.2 Å². The van der Waals surface area contributed by atoms with E-state index in [2.05, 4.69) is 28.8 Å². The van der Waals surface area contributed by atoms with Crippen molar-refractivity contribution in [3.63, 3.8) is 0 Å². The molecule has 0 radical (unpaired) electrons. The number of likely N-dealkylation sites (tertiary alicyclic amines) is 1. The van der Waals surface area contributed by atoms with Crippen LogP contribution in [0.2, 0.25) is 0 Å². The number of carbonyl (C=O) groups is 2. The molecular formula is C20H32N4O3. The van der Waals surface area contributed by atoms with E-state index in [1.54, 1.807) is 0 Å². The number of aromatic amines is 1. The predicted molar refractivity (Wildman–Crippen MR) is 104 cm³/mol. The number of likely N-dealkylation sites (N-methyl/N-ethyl adjacent to an activating group) is 1. The van der Waals surface area contributed by atoms with Gasteiger partial charge in [-0.15, -0.1) is 0 Å². The third kappa shape index (κ3) is 4.90. The molecule has 7 heteroatoms. The summed E-state index contributed by atoms with van der Waals surface area (Å²) in [5.41, 5.74) is 1.70. The average Bonchev–Trinajstić information content (AvgIpc) is 3.15. The molecule has 0 aliphatic carbocycles. The number of amides is 1. The van der Waals surface area contributed by atoms with Gasteiger partial charge in [-0.3, -0.25) is 14.5 Å². The summed E-state index contributed by atoms with van der Waals surface area (Å²) in [6.45, 7) is 7.58. The van der Waals surface area contributed by atoms with Gasteiger partial charge in [-0.1, -0.05) is 6.92 Å². The first-order valence-corrected chi connectivity index (χ1v) is 10.1. The lowest BCUT2D eigenvalue weighted by Crippen LogP contribution is -2.57. The van der Waals surface area contributed by atoms with Crippen molar-refractivity contribution in [1.29, 1.82) is 0 Å². The lowest BCUT2D eigenvalue weighted by molar-refractivity contribution is -0.137. The molecule has 2 fully saturated rings. The number of carboxylic acids is 1. The molecule has 150 valence electrons. The zero-order valence-electron chi connectivity index (χ0n) is 16.5. The molecule has 2 aliphatic heterocycles. The minimum absolute atomic E-state index is 0.0341. The average molecular weight is 377 g/mol. The first-order chi connectivity index (χ1) is 13.0. The van der Waals surface area contributed by atoms with Gasteiger partial charge in [0.05, 0.1) is 0 Å². The molecule has 2 saturated heterocycles. The molecule has 2 aliphatic rings. The smallest absolute Gasteiger partial charge is 0.303 e. The molecule has 2 atom stereocenters. The molecule has 1 aromatic rings. The first kappa shape index (κ1) is 19.9. The molecule has 27 heavy (non-hydrogen) atoms. The summed E-state index contributed by atoms with van der Waals surface area (Å²) in [6.07, 6.45) is 2.58. The highest BCUT2D eigenvalue weighted by atomic mass is 16.4. The van der Waals surface area contributed by atoms with Crippen LogP contribution in [0.5, 0.6) is 0 Å². The Morgan fingerprint density at radius 2 is 1.93 bits per heavy atom. The maximum atomic E-state index is 12.9. The fourth-order valence-electron chi connectivity index (χ4n) is 4.37. The van der Waals surface area contributed by atoms with Crippen molar-refractivity contribution >= 4 is 11.9 Å². The summed E-state index contributed by atoms with van der Waals surface area (Å²) in [4.78, 5) is 34.0. The number of hydrogen-bond acceptors (Lipinski definition) is 4. The number of nitrogens with one attached hydrogen (secondary N) is 1. The van der Waals surface area contributed by atoms with Gasteiger partial charge in [0.15, 0.2) is 0 Å². The van der Waals surface area contributed by atoms with Gasteiger partial charge in [-0.2, -0.15) is 0 Å². The van der Waals surface area contributed by atoms with Crippen molar-refractivity contribution in [2.45, 2.75) is 38.6 Å². The molecule has 1 aromatic heterocycles. The number of hydrogen-bond donors (Lipinski definition) is 2. The Bertz CT molecular complexity index is 651. The summed E-state index contributed by atoms with van der Waals surface area (Å²) < 4.78 is 0. The van der Waals surface area contributed by atoms with Crippen LogP contribution in [0.15, 0.2) is 12.1 Å². The van der Waals surface area contributed by atoms with Crippen molar-refractivity contribution < 1.29 is 14.7 Å². The minimum atomic E-state index is -0.757. The van der Waals surface area contributed by atoms with E-state index in [9.17, 15) is 9.59 Å². The zero-order chi connectivity index (χ0) is 19.4. The SMILES string of the molecule is CCc1ccc(C(=O)N2CC[C@H](N3CCN(C)CC3)[C@H](CCC(=O)O)C2)[nH]1. The van der Waals surface area contributed by atoms with Crippen molar-refractivity contribution in [1.82, 2.24) is 19.7 Å². The van der Waals surface area contributed by atoms with Crippen molar-refractivity contribution in [2.75, 3.05) is 46.3 Å². The fourth-order valence-corrected chi connectivity index (χ4v) is 4.37. The molecule has 7 nitrogen and oxygen atoms in total. The molecule has 0 bridgehead atoms. The lowest BCUT2D eigenvalue weighted by Gasteiger charge is -2.46. The molecule has 3 heterocycles. The van der Waals surface area contributed by atoms with E-state index in [4.69, 9.17) is 5.11 Å². The van der Waals surface area contributed by atoms with Gasteiger partial charge in [0.2, 0.25) is 0 Å². The van der Waals surface area contributed by atoms with Crippen LogP contribution in [0.25, 0.3) is 0 Å². The summed E-state index contributed by atoms with van der Waals surface area (Å²) in [6, 6.07) is 4.20. The third-order valence-electron chi connectivity index (χ3n) is 6.07. The molecule has 1 amide bonds. The van der Waals surface area contributed by atoms with Crippen LogP contribution in [-0.2, 0) is 11.2 Å². The van der Waals surface area contributed by atoms with E-state index in [1.165, 1.54) is 0 Å². The maximum Gasteiger partial charge on any atom is 0.303 e. The molecule has 0 aromatic carbocycles. The van der Waals surface area contributed by atoms with E-state index in [1.807, 2.05) is 17.0 Å². The largest absolute Gasteiger partial charge is 0.481 e. The predicted octanol–water partition coefficient (Wildman–Crippen LogP) is 1.52. The second kappa shape index (κ2) is 8.89. The quantitative estimate of drug-likeness (QED) is 0.787. The summed E-state index contributed by atoms with van der Waals surface area (Å²) in [5.74, 6) is -0.512. The topological polar surface area (TPSA) is 79.9 Å². The molecular weight excluding hydrogens is 344 g/mol. The third-order valence-corrected chi connectivity index (χ3v) is 6.07. The number of nitrogens with zero attached hydrogens (tertiary/aromatic N) is 3. The van der Waals surface area contributed by atoms with Gasteiger partial charge in [0, 0.05) is 57.4 Å². The van der Waals surface area contributed by atoms with Gasteiger partial charge in [0.1, 0.15) is 5.69 Å². The van der Waals surface area contributed by atoms with Crippen LogP contribution in [-0.4, -0.2) is 89.0 Å². The van der Waals surface area contributed by atoms with Crippen molar-refractivity contribution in [3.8, 4) is 0 Å². The van der Waals surface area contributed by atoms with Gasteiger partial charge in [-0.05, 0) is 44.4 Å². The Hall–Kier alpha value is -1.86. The van der Waals surface area contributed by atoms with E-state index >= 15 is 0 Å². The van der Waals surface area contributed by atoms with E-state index in [0.717, 1.165) is 51.3 Å². The summed E-state index contributed by atoms with van der Waals surface area (Å²) in [5, 5.41) is 9.15. The van der Waals surface area contributed by atoms with Gasteiger partial charge in [0.25, 0.3) is 5.91 Å². The number of carboxylic acid groups (broad SMARTS) is 1. The van der Waals surface area contributed by atoms with Gasteiger partial charge >= 0.3 is 5.97 Å². The zero-order valence-corrected chi connectivity index (χ0v) is 16.5. The van der Waals surface area contributed by atoms with Crippen LogP contribution >= 0.6 is 0 Å². The number of aryl methyl sites for hydroxylation is 1. The number of aromatic nitrogens is 1. The number of H-pyrrole nitrogens is 1. The molecule has 0 unspecified atom stereocenters.